The zero-order valence-electron chi connectivity index (χ0n) is 26.9. The van der Waals surface area contributed by atoms with E-state index in [9.17, 15) is 27.6 Å². The van der Waals surface area contributed by atoms with Crippen molar-refractivity contribution in [1.82, 2.24) is 14.8 Å². The molecule has 0 aliphatic carbocycles. The van der Waals surface area contributed by atoms with Gasteiger partial charge in [-0.2, -0.15) is 13.2 Å². The number of aryl methyl sites for hydroxylation is 2. The van der Waals surface area contributed by atoms with Gasteiger partial charge in [-0.25, -0.2) is 4.98 Å². The molecule has 13 heteroatoms. The molecule has 2 atom stereocenters. The topological polar surface area (TPSA) is 89.5 Å². The number of alkyl halides is 3. The molecular weight excluding hydrogens is 601 g/mol. The highest BCUT2D eigenvalue weighted by Gasteiger charge is 2.49. The van der Waals surface area contributed by atoms with Gasteiger partial charge in [-0.05, 0) is 51.7 Å². The van der Waals surface area contributed by atoms with E-state index >= 15 is 0 Å². The summed E-state index contributed by atoms with van der Waals surface area (Å²) in [5.74, 6) is -1.32. The van der Waals surface area contributed by atoms with Crippen LogP contribution in [-0.2, 0) is 25.3 Å². The second kappa shape index (κ2) is 13.0. The minimum Gasteiger partial charge on any atom is -0.379 e. The minimum atomic E-state index is -4.63. The molecule has 5 rings (SSSR count). The van der Waals surface area contributed by atoms with Gasteiger partial charge in [0.05, 0.1) is 30.2 Å². The summed E-state index contributed by atoms with van der Waals surface area (Å²) in [6, 6.07) is 6.37. The zero-order valence-corrected chi connectivity index (χ0v) is 26.9. The summed E-state index contributed by atoms with van der Waals surface area (Å²) in [6.07, 6.45) is -4.64. The number of rotatable bonds is 9. The van der Waals surface area contributed by atoms with Crippen LogP contribution in [0.3, 0.4) is 0 Å². The third kappa shape index (κ3) is 6.75. The number of hydrogen-bond acceptors (Lipinski definition) is 7. The van der Waals surface area contributed by atoms with E-state index in [1.807, 2.05) is 44.1 Å². The van der Waals surface area contributed by atoms with Crippen LogP contribution in [0.5, 0.6) is 0 Å². The molecule has 0 bridgehead atoms. The number of aromatic nitrogens is 1. The van der Waals surface area contributed by atoms with Crippen LogP contribution in [0.4, 0.5) is 30.4 Å². The quantitative estimate of drug-likeness (QED) is 0.306. The normalized spacial score (nSPS) is 20.5. The smallest absolute Gasteiger partial charge is 0.379 e. The maximum atomic E-state index is 14.0. The maximum Gasteiger partial charge on any atom is 0.416 e. The van der Waals surface area contributed by atoms with Crippen LogP contribution >= 0.6 is 0 Å². The van der Waals surface area contributed by atoms with E-state index in [-0.39, 0.29) is 35.7 Å². The van der Waals surface area contributed by atoms with E-state index in [4.69, 9.17) is 4.74 Å². The van der Waals surface area contributed by atoms with Crippen LogP contribution < -0.4 is 14.7 Å². The van der Waals surface area contributed by atoms with Gasteiger partial charge < -0.3 is 24.3 Å². The summed E-state index contributed by atoms with van der Waals surface area (Å²) in [5.41, 5.74) is 2.17. The molecule has 2 aromatic rings. The molecule has 0 radical (unpaired) electrons. The standard InChI is InChI=1S/C33H41F3N6O4/c1-20-8-7-9-26-29(20)40(10-11-46-19-23-16-41(17-23)31(44)21(2)15-38(4)5)18-24-13-28(43)42(30(24)32(45)39(26)6)27-14-25(33(34,35)36)12-22(3)37-27/h7-9,12,14,23-24,30H,2,10-11,13,15-19H2,1,3-6H3/t24-,30+/m1/s1. The number of benzene rings is 1. The fourth-order valence-electron chi connectivity index (χ4n) is 6.64. The van der Waals surface area contributed by atoms with Gasteiger partial charge in [-0.1, -0.05) is 18.7 Å². The Labute approximate surface area is 267 Å². The second-order valence-electron chi connectivity index (χ2n) is 12.8. The summed E-state index contributed by atoms with van der Waals surface area (Å²) in [7, 11) is 5.41. The first-order chi connectivity index (χ1) is 21.6. The first kappa shape index (κ1) is 33.4. The Kier molecular flexibility index (Phi) is 9.46. The number of halogens is 3. The summed E-state index contributed by atoms with van der Waals surface area (Å²) >= 11 is 0. The molecule has 3 aliphatic heterocycles. The molecule has 1 aromatic carbocycles. The number of ether oxygens (including phenoxy) is 1. The number of hydrogen-bond donors (Lipinski definition) is 0. The highest BCUT2D eigenvalue weighted by molar-refractivity contribution is 6.10. The number of pyridine rings is 1. The van der Waals surface area contributed by atoms with Gasteiger partial charge in [0.15, 0.2) is 0 Å². The molecule has 2 fully saturated rings. The van der Waals surface area contributed by atoms with E-state index < -0.39 is 29.6 Å². The van der Waals surface area contributed by atoms with Gasteiger partial charge in [-0.15, -0.1) is 0 Å². The molecule has 2 saturated heterocycles. The second-order valence-corrected chi connectivity index (χ2v) is 12.8. The van der Waals surface area contributed by atoms with Gasteiger partial charge >= 0.3 is 6.18 Å². The lowest BCUT2D eigenvalue weighted by molar-refractivity contribution is -0.137. The largest absolute Gasteiger partial charge is 0.416 e. The lowest BCUT2D eigenvalue weighted by atomic mass is 9.95. The predicted molar refractivity (Wildman–Crippen MR) is 169 cm³/mol. The van der Waals surface area contributed by atoms with Crippen LogP contribution in [0.15, 0.2) is 42.5 Å². The van der Waals surface area contributed by atoms with Crippen LogP contribution in [-0.4, -0.2) is 106 Å². The summed E-state index contributed by atoms with van der Waals surface area (Å²) in [4.78, 5) is 52.7. The molecule has 4 heterocycles. The van der Waals surface area contributed by atoms with Gasteiger partial charge in [0, 0.05) is 69.3 Å². The molecule has 1 aromatic heterocycles. The molecule has 46 heavy (non-hydrogen) atoms. The molecular formula is C33H41F3N6O4. The number of anilines is 3. The van der Waals surface area contributed by atoms with Crippen molar-refractivity contribution in [2.75, 3.05) is 81.8 Å². The number of fused-ring (bicyclic) bond motifs is 2. The van der Waals surface area contributed by atoms with Crippen molar-refractivity contribution in [1.29, 1.82) is 0 Å². The summed E-state index contributed by atoms with van der Waals surface area (Å²) in [6.45, 7) is 10.6. The van der Waals surface area contributed by atoms with E-state index in [0.717, 1.165) is 28.3 Å². The summed E-state index contributed by atoms with van der Waals surface area (Å²) in [5, 5.41) is 0. The fourth-order valence-corrected chi connectivity index (χ4v) is 6.64. The average Bonchev–Trinajstić information content (AvgIpc) is 3.27. The SMILES string of the molecule is C=C(CN(C)C)C(=O)N1CC(COCCN2C[C@H]3CC(=O)N(c4cc(C(F)(F)F)cc(C)n4)[C@@H]3C(=O)N(C)c3cccc(C)c32)C1. The van der Waals surface area contributed by atoms with E-state index in [1.165, 1.54) is 11.8 Å². The highest BCUT2D eigenvalue weighted by Crippen LogP contribution is 2.41. The Morgan fingerprint density at radius 2 is 1.85 bits per heavy atom. The lowest BCUT2D eigenvalue weighted by Crippen LogP contribution is -2.53. The minimum absolute atomic E-state index is 0.00908. The van der Waals surface area contributed by atoms with E-state index in [1.54, 1.807) is 11.9 Å². The predicted octanol–water partition coefficient (Wildman–Crippen LogP) is 3.51. The van der Waals surface area contributed by atoms with Crippen molar-refractivity contribution in [3.05, 3.63) is 59.3 Å². The lowest BCUT2D eigenvalue weighted by Gasteiger charge is -2.40. The third-order valence-corrected chi connectivity index (χ3v) is 8.79. The number of para-hydroxylation sites is 1. The average molecular weight is 643 g/mol. The fraction of sp³-hybridized carbons (Fsp3) is 0.515. The number of amides is 3. The molecule has 0 N–H and O–H groups in total. The molecule has 0 spiro atoms. The van der Waals surface area contributed by atoms with Crippen molar-refractivity contribution in [3.63, 3.8) is 0 Å². The summed E-state index contributed by atoms with van der Waals surface area (Å²) < 4.78 is 47.1. The Balaban J connectivity index is 1.32. The van der Waals surface area contributed by atoms with Gasteiger partial charge in [0.1, 0.15) is 11.9 Å². The third-order valence-electron chi connectivity index (χ3n) is 8.79. The van der Waals surface area contributed by atoms with Crippen molar-refractivity contribution >= 4 is 34.9 Å². The number of nitrogens with zero attached hydrogens (tertiary/aromatic N) is 6. The Morgan fingerprint density at radius 3 is 2.52 bits per heavy atom. The van der Waals surface area contributed by atoms with Crippen molar-refractivity contribution < 1.29 is 32.3 Å². The highest BCUT2D eigenvalue weighted by atomic mass is 19.4. The number of carbonyl (C=O) groups is 3. The Bertz CT molecular complexity index is 1520. The van der Waals surface area contributed by atoms with Gasteiger partial charge in [0.2, 0.25) is 11.8 Å². The zero-order chi connectivity index (χ0) is 33.5. The number of carbonyl (C=O) groups excluding carboxylic acids is 3. The van der Waals surface area contributed by atoms with Gasteiger partial charge in [-0.3, -0.25) is 19.3 Å². The van der Waals surface area contributed by atoms with Crippen molar-refractivity contribution in [3.8, 4) is 0 Å². The molecule has 248 valence electrons. The van der Waals surface area contributed by atoms with Crippen LogP contribution in [0.1, 0.15) is 23.2 Å². The Hall–Kier alpha value is -3.97. The molecule has 0 saturated carbocycles. The van der Waals surface area contributed by atoms with E-state index in [0.29, 0.717) is 57.2 Å². The van der Waals surface area contributed by atoms with Crippen LogP contribution in [0.2, 0.25) is 0 Å². The van der Waals surface area contributed by atoms with Crippen molar-refractivity contribution in [2.45, 2.75) is 32.5 Å². The Morgan fingerprint density at radius 1 is 1.13 bits per heavy atom. The maximum absolute atomic E-state index is 14.0. The van der Waals surface area contributed by atoms with Crippen molar-refractivity contribution in [2.24, 2.45) is 11.8 Å². The monoisotopic (exact) mass is 642 g/mol. The first-order valence-corrected chi connectivity index (χ1v) is 15.3. The number of likely N-dealkylation sites (N-methyl/N-ethyl adjacent to an activating group) is 2. The van der Waals surface area contributed by atoms with E-state index in [2.05, 4.69) is 16.5 Å². The van der Waals surface area contributed by atoms with Crippen LogP contribution in [0, 0.1) is 25.7 Å². The number of likely N-dealkylation sites (tertiary alicyclic amines) is 1. The molecule has 10 nitrogen and oxygen atoms in total. The molecule has 3 aliphatic rings. The molecule has 0 unspecified atom stereocenters. The van der Waals surface area contributed by atoms with Gasteiger partial charge in [0.25, 0.3) is 5.91 Å². The van der Waals surface area contributed by atoms with Crippen LogP contribution in [0.25, 0.3) is 0 Å². The first-order valence-electron chi connectivity index (χ1n) is 15.3. The molecule has 3 amide bonds.